The first-order valence-electron chi connectivity index (χ1n) is 7.00. The molecular formula is C17H14N2O3S. The van der Waals surface area contributed by atoms with Gasteiger partial charge < -0.3 is 4.90 Å². The molecule has 5 nitrogen and oxygen atoms in total. The molecular weight excluding hydrogens is 312 g/mol. The third-order valence-electron chi connectivity index (χ3n) is 3.56. The van der Waals surface area contributed by atoms with E-state index in [4.69, 9.17) is 0 Å². The van der Waals surface area contributed by atoms with Crippen LogP contribution in [0.25, 0.3) is 11.1 Å². The molecule has 1 aliphatic heterocycles. The Labute approximate surface area is 137 Å². The highest BCUT2D eigenvalue weighted by atomic mass is 32.2. The third kappa shape index (κ3) is 3.12. The van der Waals surface area contributed by atoms with Crippen LogP contribution < -0.4 is 5.32 Å². The van der Waals surface area contributed by atoms with E-state index >= 15 is 0 Å². The molecule has 6 heteroatoms. The number of imide groups is 1. The number of thioether (sulfide) groups is 1. The highest BCUT2D eigenvalue weighted by molar-refractivity contribution is 8.15. The van der Waals surface area contributed by atoms with E-state index in [0.29, 0.717) is 5.56 Å². The minimum atomic E-state index is -0.824. The first-order valence-corrected chi connectivity index (χ1v) is 7.88. The van der Waals surface area contributed by atoms with E-state index in [1.165, 1.54) is 11.9 Å². The number of hydrogen-bond acceptors (Lipinski definition) is 4. The predicted octanol–water partition coefficient (Wildman–Crippen LogP) is 2.73. The molecule has 1 heterocycles. The van der Waals surface area contributed by atoms with Crippen molar-refractivity contribution >= 4 is 28.8 Å². The van der Waals surface area contributed by atoms with E-state index in [-0.39, 0.29) is 5.91 Å². The van der Waals surface area contributed by atoms with Gasteiger partial charge in [-0.3, -0.25) is 19.7 Å². The number of rotatable bonds is 3. The molecule has 0 unspecified atom stereocenters. The van der Waals surface area contributed by atoms with E-state index in [1.54, 1.807) is 18.2 Å². The fraction of sp³-hybridized carbons (Fsp3) is 0.118. The second-order valence-corrected chi connectivity index (χ2v) is 6.16. The minimum Gasteiger partial charge on any atom is -0.321 e. The second-order valence-electron chi connectivity index (χ2n) is 5.11. The Morgan fingerprint density at radius 1 is 1.04 bits per heavy atom. The average Bonchev–Trinajstić information content (AvgIpc) is 2.93. The van der Waals surface area contributed by atoms with Crippen LogP contribution >= 0.6 is 11.8 Å². The normalized spacial score (nSPS) is 17.0. The molecule has 1 atom stereocenters. The Kier molecular flexibility index (Phi) is 4.16. The van der Waals surface area contributed by atoms with Crippen molar-refractivity contribution in [2.75, 3.05) is 7.05 Å². The van der Waals surface area contributed by atoms with E-state index in [0.717, 1.165) is 22.9 Å². The molecule has 3 amide bonds. The van der Waals surface area contributed by atoms with Crippen LogP contribution in [0.3, 0.4) is 0 Å². The first kappa shape index (κ1) is 15.3. The molecule has 0 spiro atoms. The molecule has 0 bridgehead atoms. The summed E-state index contributed by atoms with van der Waals surface area (Å²) < 4.78 is 0. The van der Waals surface area contributed by atoms with E-state index in [1.807, 2.05) is 36.4 Å². The van der Waals surface area contributed by atoms with E-state index < -0.39 is 16.5 Å². The minimum absolute atomic E-state index is 0.301. The molecule has 2 aromatic rings. The summed E-state index contributed by atoms with van der Waals surface area (Å²) in [4.78, 5) is 36.8. The molecule has 1 N–H and O–H groups in total. The molecule has 2 aromatic carbocycles. The molecule has 116 valence electrons. The van der Waals surface area contributed by atoms with E-state index in [9.17, 15) is 14.4 Å². The topological polar surface area (TPSA) is 66.5 Å². The first-order chi connectivity index (χ1) is 11.1. The molecule has 23 heavy (non-hydrogen) atoms. The van der Waals surface area contributed by atoms with Crippen molar-refractivity contribution in [2.24, 2.45) is 0 Å². The Bertz CT molecular complexity index is 776. The summed E-state index contributed by atoms with van der Waals surface area (Å²) >= 11 is 0.811. The smallest absolute Gasteiger partial charge is 0.288 e. The predicted molar refractivity (Wildman–Crippen MR) is 88.9 cm³/mol. The van der Waals surface area contributed by atoms with Gasteiger partial charge in [-0.15, -0.1) is 0 Å². The molecule has 1 fully saturated rings. The zero-order chi connectivity index (χ0) is 16.4. The average molecular weight is 326 g/mol. The second kappa shape index (κ2) is 6.26. The Balaban J connectivity index is 1.85. The Morgan fingerprint density at radius 3 is 2.39 bits per heavy atom. The van der Waals surface area contributed by atoms with Gasteiger partial charge in [0.1, 0.15) is 0 Å². The molecule has 0 aromatic heterocycles. The van der Waals surface area contributed by atoms with Gasteiger partial charge in [-0.05, 0) is 35.0 Å². The van der Waals surface area contributed by atoms with Gasteiger partial charge >= 0.3 is 0 Å². The lowest BCUT2D eigenvalue weighted by Crippen LogP contribution is -2.40. The van der Waals surface area contributed by atoms with Crippen molar-refractivity contribution in [3.63, 3.8) is 0 Å². The molecule has 0 aliphatic carbocycles. The van der Waals surface area contributed by atoms with Gasteiger partial charge in [0.25, 0.3) is 17.1 Å². The van der Waals surface area contributed by atoms with Crippen molar-refractivity contribution in [1.82, 2.24) is 10.2 Å². The molecule has 1 aliphatic rings. The van der Waals surface area contributed by atoms with Crippen LogP contribution in [0.15, 0.2) is 54.6 Å². The SMILES string of the molecule is CN(C(=O)c1cccc(-c2ccccc2)c1)[C@H]1SC(=O)NC1=O. The lowest BCUT2D eigenvalue weighted by atomic mass is 10.0. The number of likely N-dealkylation sites (N-methyl/N-ethyl adjacent to an activating group) is 1. The summed E-state index contributed by atoms with van der Waals surface area (Å²) in [5, 5.41) is 0.926. The van der Waals surface area contributed by atoms with Gasteiger partial charge in [0, 0.05) is 12.6 Å². The van der Waals surface area contributed by atoms with Crippen LogP contribution in [0.5, 0.6) is 0 Å². The maximum atomic E-state index is 12.6. The molecule has 0 radical (unpaired) electrons. The van der Waals surface area contributed by atoms with Gasteiger partial charge in [-0.1, -0.05) is 42.5 Å². The number of carbonyl (C=O) groups excluding carboxylic acids is 3. The summed E-state index contributed by atoms with van der Waals surface area (Å²) in [6.07, 6.45) is 0. The van der Waals surface area contributed by atoms with Crippen molar-refractivity contribution in [3.8, 4) is 11.1 Å². The maximum absolute atomic E-state index is 12.6. The van der Waals surface area contributed by atoms with Gasteiger partial charge in [0.2, 0.25) is 0 Å². The van der Waals surface area contributed by atoms with Gasteiger partial charge in [0.05, 0.1) is 0 Å². The van der Waals surface area contributed by atoms with Crippen LogP contribution in [0.4, 0.5) is 4.79 Å². The number of benzene rings is 2. The molecule has 3 rings (SSSR count). The molecule has 1 saturated heterocycles. The summed E-state index contributed by atoms with van der Waals surface area (Å²) in [7, 11) is 1.52. The van der Waals surface area contributed by atoms with Crippen LogP contribution in [-0.4, -0.2) is 34.4 Å². The quantitative estimate of drug-likeness (QED) is 0.942. The summed E-state index contributed by atoms with van der Waals surface area (Å²) in [5.41, 5.74) is 2.40. The van der Waals surface area contributed by atoms with Crippen LogP contribution in [0.2, 0.25) is 0 Å². The highest BCUT2D eigenvalue weighted by Crippen LogP contribution is 2.25. The van der Waals surface area contributed by atoms with Gasteiger partial charge in [-0.2, -0.15) is 0 Å². The lowest BCUT2D eigenvalue weighted by molar-refractivity contribution is -0.120. The summed E-state index contributed by atoms with van der Waals surface area (Å²) in [6.45, 7) is 0. The summed E-state index contributed by atoms with van der Waals surface area (Å²) in [5.74, 6) is -0.764. The van der Waals surface area contributed by atoms with Crippen LogP contribution in [0.1, 0.15) is 10.4 Å². The van der Waals surface area contributed by atoms with E-state index in [2.05, 4.69) is 5.32 Å². The monoisotopic (exact) mass is 326 g/mol. The van der Waals surface area contributed by atoms with Crippen molar-refractivity contribution < 1.29 is 14.4 Å². The van der Waals surface area contributed by atoms with Gasteiger partial charge in [0.15, 0.2) is 5.37 Å². The standard InChI is InChI=1S/C17H14N2O3S/c1-19(16-14(20)18-17(22)23-16)15(21)13-9-5-8-12(10-13)11-6-3-2-4-7-11/h2-10,16H,1H3,(H,18,20,22)/t16-/m0/s1. The number of carbonyl (C=O) groups is 3. The third-order valence-corrected chi connectivity index (χ3v) is 4.63. The zero-order valence-electron chi connectivity index (χ0n) is 12.4. The summed E-state index contributed by atoms with van der Waals surface area (Å²) in [6, 6.07) is 16.9. The number of amides is 3. The van der Waals surface area contributed by atoms with Crippen LogP contribution in [0, 0.1) is 0 Å². The van der Waals surface area contributed by atoms with Gasteiger partial charge in [-0.25, -0.2) is 0 Å². The van der Waals surface area contributed by atoms with Crippen molar-refractivity contribution in [3.05, 3.63) is 60.2 Å². The number of hydrogen-bond donors (Lipinski definition) is 1. The number of nitrogens with one attached hydrogen (secondary N) is 1. The number of nitrogens with zero attached hydrogens (tertiary/aromatic N) is 1. The molecule has 0 saturated carbocycles. The maximum Gasteiger partial charge on any atom is 0.288 e. The van der Waals surface area contributed by atoms with Crippen LogP contribution in [-0.2, 0) is 4.79 Å². The lowest BCUT2D eigenvalue weighted by Gasteiger charge is -2.21. The Hall–Kier alpha value is -2.60. The van der Waals surface area contributed by atoms with Crippen molar-refractivity contribution in [1.29, 1.82) is 0 Å². The fourth-order valence-electron chi connectivity index (χ4n) is 2.37. The van der Waals surface area contributed by atoms with Crippen molar-refractivity contribution in [2.45, 2.75) is 5.37 Å². The highest BCUT2D eigenvalue weighted by Gasteiger charge is 2.37. The zero-order valence-corrected chi connectivity index (χ0v) is 13.2. The Morgan fingerprint density at radius 2 is 1.74 bits per heavy atom. The largest absolute Gasteiger partial charge is 0.321 e. The fourth-order valence-corrected chi connectivity index (χ4v) is 3.16.